The lowest BCUT2D eigenvalue weighted by Gasteiger charge is -2.19. The molecule has 1 aromatic carbocycles. The molecule has 2 heterocycles. The van der Waals surface area contributed by atoms with Gasteiger partial charge in [-0.3, -0.25) is 24.5 Å². The van der Waals surface area contributed by atoms with Crippen LogP contribution in [0, 0.1) is 13.8 Å². The minimum absolute atomic E-state index is 0.134. The molecule has 0 saturated heterocycles. The van der Waals surface area contributed by atoms with E-state index in [1.165, 1.54) is 4.68 Å². The number of alkyl halides is 1. The number of ketones is 1. The van der Waals surface area contributed by atoms with Crippen LogP contribution in [-0.2, 0) is 4.79 Å². The molecule has 1 aliphatic heterocycles. The number of aromatic nitrogens is 1. The van der Waals surface area contributed by atoms with Crippen LogP contribution in [0.25, 0.3) is 0 Å². The molecular weight excluding hydrogens is 344 g/mol. The number of hydrogen-bond acceptors (Lipinski definition) is 4. The lowest BCUT2D eigenvalue weighted by molar-refractivity contribution is -0.118. The van der Waals surface area contributed by atoms with Gasteiger partial charge < -0.3 is 0 Å². The Labute approximate surface area is 148 Å². The van der Waals surface area contributed by atoms with E-state index < -0.39 is 17.9 Å². The molecule has 2 aromatic rings. The molecule has 1 unspecified atom stereocenters. The summed E-state index contributed by atoms with van der Waals surface area (Å²) in [4.78, 5) is 36.3. The largest absolute Gasteiger partial charge is 0.295 e. The van der Waals surface area contributed by atoms with Crippen molar-refractivity contribution >= 4 is 29.2 Å². The molecule has 0 radical (unpaired) electrons. The number of fused-ring (bicyclic) bond motifs is 1. The van der Waals surface area contributed by atoms with Gasteiger partial charge in [-0.25, -0.2) is 0 Å². The Kier molecular flexibility index (Phi) is 4.50. The molecule has 0 bridgehead atoms. The third-order valence-corrected chi connectivity index (χ3v) is 4.32. The van der Waals surface area contributed by atoms with Crippen molar-refractivity contribution in [3.05, 3.63) is 58.4 Å². The van der Waals surface area contributed by atoms with Gasteiger partial charge in [0.15, 0.2) is 11.8 Å². The van der Waals surface area contributed by atoms with Crippen molar-refractivity contribution in [1.82, 2.24) is 4.68 Å². The maximum atomic E-state index is 12.7. The minimum atomic E-state index is -0.928. The Morgan fingerprint density at radius 1 is 1.28 bits per heavy atom. The number of halogens is 1. The van der Waals surface area contributed by atoms with Gasteiger partial charge in [0.05, 0.1) is 5.88 Å². The van der Waals surface area contributed by atoms with Crippen LogP contribution in [0.2, 0.25) is 0 Å². The fraction of sp³-hybridized carbons (Fsp3) is 0.235. The quantitative estimate of drug-likeness (QED) is 0.672. The van der Waals surface area contributed by atoms with Crippen LogP contribution in [0.4, 0.5) is 0 Å². The molecule has 0 fully saturated rings. The minimum Gasteiger partial charge on any atom is -0.293 e. The molecule has 0 spiro atoms. The summed E-state index contributed by atoms with van der Waals surface area (Å²) in [5.74, 6) is -1.27. The number of rotatable bonds is 4. The zero-order valence-electron chi connectivity index (χ0n) is 13.6. The summed E-state index contributed by atoms with van der Waals surface area (Å²) in [6.45, 7) is 3.48. The summed E-state index contributed by atoms with van der Waals surface area (Å²) in [6, 6.07) is 7.46. The predicted octanol–water partition coefficient (Wildman–Crippen LogP) is 2.94. The van der Waals surface area contributed by atoms with Gasteiger partial charge in [0, 0.05) is 28.1 Å². The summed E-state index contributed by atoms with van der Waals surface area (Å²) in [5, 5.41) is 7.38. The van der Waals surface area contributed by atoms with Gasteiger partial charge in [-0.1, -0.05) is 18.2 Å². The molecule has 1 N–H and O–H groups in total. The number of hydrogen-bond donors (Lipinski definition) is 1. The van der Waals surface area contributed by atoms with E-state index in [2.05, 4.69) is 15.7 Å². The Morgan fingerprint density at radius 2 is 2.00 bits per heavy atom. The number of carbonyl (C=O) groups excluding carboxylic acids is 3. The highest BCUT2D eigenvalue weighted by Crippen LogP contribution is 2.28. The molecule has 7 nitrogen and oxygen atoms in total. The summed E-state index contributed by atoms with van der Waals surface area (Å²) in [5.41, 5.74) is 5.29. The lowest BCUT2D eigenvalue weighted by Crippen LogP contribution is -2.31. The number of azo groups is 1. The van der Waals surface area contributed by atoms with Gasteiger partial charge in [0.25, 0.3) is 11.8 Å². The number of aryl methyl sites for hydroxylation is 1. The average molecular weight is 359 g/mol. The average Bonchev–Trinajstić information content (AvgIpc) is 2.89. The summed E-state index contributed by atoms with van der Waals surface area (Å²) in [6.07, 6.45) is 0. The number of amides is 2. The molecule has 1 atom stereocenters. The monoisotopic (exact) mass is 358 g/mol. The molecule has 2 amide bonds. The maximum absolute atomic E-state index is 12.7. The fourth-order valence-corrected chi connectivity index (χ4v) is 2.95. The summed E-state index contributed by atoms with van der Waals surface area (Å²) < 4.78 is 1.51. The molecular formula is C17H15ClN4O3. The van der Waals surface area contributed by atoms with E-state index in [-0.39, 0.29) is 11.7 Å². The molecule has 3 rings (SSSR count). The van der Waals surface area contributed by atoms with Crippen molar-refractivity contribution in [3.8, 4) is 0 Å². The third kappa shape index (κ3) is 2.98. The molecule has 128 valence electrons. The number of benzene rings is 1. The third-order valence-electron chi connectivity index (χ3n) is 4.07. The molecule has 0 saturated carbocycles. The first-order valence-electron chi connectivity index (χ1n) is 7.57. The van der Waals surface area contributed by atoms with Crippen LogP contribution in [0.15, 0.2) is 40.6 Å². The van der Waals surface area contributed by atoms with Crippen molar-refractivity contribution < 1.29 is 14.4 Å². The summed E-state index contributed by atoms with van der Waals surface area (Å²) >= 11 is 5.61. The van der Waals surface area contributed by atoms with Gasteiger partial charge in [0.1, 0.15) is 0 Å². The fourth-order valence-electron chi connectivity index (χ4n) is 2.81. The SMILES string of the molecule is Cc1cc(C(=O)CCl)c(C)n1NC(=O)C1N=NC(=O)c2ccccc21. The Balaban J connectivity index is 1.92. The van der Waals surface area contributed by atoms with E-state index in [9.17, 15) is 14.4 Å². The number of carbonyl (C=O) groups is 3. The highest BCUT2D eigenvalue weighted by molar-refractivity contribution is 6.30. The van der Waals surface area contributed by atoms with Gasteiger partial charge >= 0.3 is 0 Å². The summed E-state index contributed by atoms with van der Waals surface area (Å²) in [7, 11) is 0. The zero-order valence-corrected chi connectivity index (χ0v) is 14.4. The first-order chi connectivity index (χ1) is 11.9. The first kappa shape index (κ1) is 17.0. The molecule has 8 heteroatoms. The van der Waals surface area contributed by atoms with E-state index in [4.69, 9.17) is 11.6 Å². The molecule has 1 aliphatic rings. The second-order valence-electron chi connectivity index (χ2n) is 5.66. The van der Waals surface area contributed by atoms with Crippen molar-refractivity contribution in [2.45, 2.75) is 19.9 Å². The number of Topliss-reactive ketones (excluding diaryl/α,β-unsaturated/α-hetero) is 1. The highest BCUT2D eigenvalue weighted by atomic mass is 35.5. The van der Waals surface area contributed by atoms with Gasteiger partial charge in [-0.15, -0.1) is 16.7 Å². The van der Waals surface area contributed by atoms with E-state index in [0.717, 1.165) is 0 Å². The number of nitrogens with zero attached hydrogens (tertiary/aromatic N) is 3. The van der Waals surface area contributed by atoms with Crippen LogP contribution >= 0.6 is 11.6 Å². The van der Waals surface area contributed by atoms with E-state index in [1.54, 1.807) is 44.2 Å². The smallest absolute Gasteiger partial charge is 0.293 e. The first-order valence-corrected chi connectivity index (χ1v) is 8.10. The van der Waals surface area contributed by atoms with Gasteiger partial charge in [0.2, 0.25) is 0 Å². The second kappa shape index (κ2) is 6.60. The maximum Gasteiger partial charge on any atom is 0.295 e. The van der Waals surface area contributed by atoms with Crippen molar-refractivity contribution in [1.29, 1.82) is 0 Å². The lowest BCUT2D eigenvalue weighted by atomic mass is 9.99. The second-order valence-corrected chi connectivity index (χ2v) is 5.93. The highest BCUT2D eigenvalue weighted by Gasteiger charge is 2.30. The Bertz CT molecular complexity index is 917. The topological polar surface area (TPSA) is 92.9 Å². The van der Waals surface area contributed by atoms with Crippen LogP contribution in [0.5, 0.6) is 0 Å². The van der Waals surface area contributed by atoms with Crippen molar-refractivity contribution in [2.75, 3.05) is 11.3 Å². The van der Waals surface area contributed by atoms with E-state index >= 15 is 0 Å². The van der Waals surface area contributed by atoms with E-state index in [1.807, 2.05) is 0 Å². The van der Waals surface area contributed by atoms with Crippen LogP contribution in [0.3, 0.4) is 0 Å². The van der Waals surface area contributed by atoms with Gasteiger partial charge in [-0.2, -0.15) is 5.11 Å². The van der Waals surface area contributed by atoms with Crippen molar-refractivity contribution in [2.24, 2.45) is 10.2 Å². The Hall–Kier alpha value is -2.80. The normalized spacial score (nSPS) is 15.8. The van der Waals surface area contributed by atoms with Crippen LogP contribution in [-0.4, -0.2) is 28.2 Å². The van der Waals surface area contributed by atoms with Crippen LogP contribution in [0.1, 0.15) is 43.7 Å². The molecule has 0 aliphatic carbocycles. The van der Waals surface area contributed by atoms with Crippen LogP contribution < -0.4 is 5.43 Å². The number of nitrogens with one attached hydrogen (secondary N) is 1. The van der Waals surface area contributed by atoms with Crippen molar-refractivity contribution in [3.63, 3.8) is 0 Å². The standard InChI is InChI=1S/C17H15ClN4O3/c1-9-7-13(14(23)8-18)10(2)22(9)21-17(25)15-11-5-3-4-6-12(11)16(24)20-19-15/h3-7,15H,8H2,1-2H3,(H,21,25). The van der Waals surface area contributed by atoms with Gasteiger partial charge in [-0.05, 0) is 26.0 Å². The predicted molar refractivity (Wildman–Crippen MR) is 91.7 cm³/mol. The Morgan fingerprint density at radius 3 is 2.72 bits per heavy atom. The molecule has 1 aromatic heterocycles. The molecule has 25 heavy (non-hydrogen) atoms. The van der Waals surface area contributed by atoms with E-state index in [0.29, 0.717) is 28.1 Å². The zero-order chi connectivity index (χ0) is 18.1.